The van der Waals surface area contributed by atoms with Gasteiger partial charge in [0.1, 0.15) is 0 Å². The molecule has 0 fully saturated rings. The zero-order valence-corrected chi connectivity index (χ0v) is 14.4. The first-order valence-corrected chi connectivity index (χ1v) is 8.18. The summed E-state index contributed by atoms with van der Waals surface area (Å²) in [5.41, 5.74) is 1.76. The van der Waals surface area contributed by atoms with Crippen LogP contribution in [0.3, 0.4) is 0 Å². The van der Waals surface area contributed by atoms with Crippen LogP contribution >= 0.6 is 15.9 Å². The molecule has 4 nitrogen and oxygen atoms in total. The Kier molecular flexibility index (Phi) is 5.77. The number of nitrogens with one attached hydrogen (secondary N) is 1. The number of carbonyl (C=O) groups is 2. The summed E-state index contributed by atoms with van der Waals surface area (Å²) in [5.74, 6) is -0.420. The van der Waals surface area contributed by atoms with Crippen LogP contribution in [0.25, 0.3) is 0 Å². The lowest BCUT2D eigenvalue weighted by molar-refractivity contribution is -0.153. The predicted octanol–water partition coefficient (Wildman–Crippen LogP) is 3.98. The van der Waals surface area contributed by atoms with Crippen LogP contribution in [0.15, 0.2) is 34.8 Å². The van der Waals surface area contributed by atoms with Crippen molar-refractivity contribution >= 4 is 33.5 Å². The molecule has 0 aromatic heterocycles. The van der Waals surface area contributed by atoms with E-state index in [0.29, 0.717) is 12.1 Å². The number of anilines is 1. The molecule has 2 rings (SSSR count). The molecule has 0 saturated carbocycles. The molecule has 0 saturated heterocycles. The van der Waals surface area contributed by atoms with Gasteiger partial charge in [-0.1, -0.05) is 18.2 Å². The van der Waals surface area contributed by atoms with Crippen molar-refractivity contribution in [3.05, 3.63) is 40.4 Å². The number of esters is 1. The van der Waals surface area contributed by atoms with Crippen molar-refractivity contribution in [3.8, 4) is 0 Å². The van der Waals surface area contributed by atoms with Gasteiger partial charge in [-0.05, 0) is 66.2 Å². The largest absolute Gasteiger partial charge is 0.453 e. The molecule has 2 atom stereocenters. The molecular weight excluding hydrogens is 346 g/mol. The third-order valence-corrected chi connectivity index (χ3v) is 4.26. The highest BCUT2D eigenvalue weighted by molar-refractivity contribution is 9.10. The van der Waals surface area contributed by atoms with E-state index >= 15 is 0 Å². The smallest absolute Gasteiger partial charge is 0.307 e. The lowest BCUT2D eigenvalue weighted by atomic mass is 10.1. The summed E-state index contributed by atoms with van der Waals surface area (Å²) >= 11 is 3.40. The number of allylic oxidation sites excluding steroid dienone is 2. The molecule has 0 aliphatic heterocycles. The molecule has 1 amide bonds. The zero-order chi connectivity index (χ0) is 16.1. The second-order valence-corrected chi connectivity index (χ2v) is 6.43. The summed E-state index contributed by atoms with van der Waals surface area (Å²) in [7, 11) is 0. The van der Waals surface area contributed by atoms with Gasteiger partial charge in [-0.25, -0.2) is 0 Å². The van der Waals surface area contributed by atoms with Crippen LogP contribution in [0.4, 0.5) is 5.69 Å². The fourth-order valence-corrected chi connectivity index (χ4v) is 2.93. The van der Waals surface area contributed by atoms with E-state index in [1.54, 1.807) is 6.92 Å². The number of benzene rings is 1. The van der Waals surface area contributed by atoms with Gasteiger partial charge in [0.15, 0.2) is 6.10 Å². The number of carbonyl (C=O) groups excluding carboxylic acids is 2. The van der Waals surface area contributed by atoms with E-state index in [9.17, 15) is 9.59 Å². The Morgan fingerprint density at radius 3 is 2.86 bits per heavy atom. The monoisotopic (exact) mass is 365 g/mol. The number of hydrogen-bond acceptors (Lipinski definition) is 3. The Balaban J connectivity index is 1.85. The van der Waals surface area contributed by atoms with Gasteiger partial charge in [-0.3, -0.25) is 9.59 Å². The molecule has 0 radical (unpaired) electrons. The van der Waals surface area contributed by atoms with Crippen molar-refractivity contribution in [2.24, 2.45) is 5.92 Å². The van der Waals surface area contributed by atoms with Gasteiger partial charge in [0.05, 0.1) is 12.1 Å². The lowest BCUT2D eigenvalue weighted by Gasteiger charge is -2.15. The second-order valence-electron chi connectivity index (χ2n) is 5.57. The van der Waals surface area contributed by atoms with Crippen LogP contribution in [0.2, 0.25) is 0 Å². The van der Waals surface area contributed by atoms with Gasteiger partial charge < -0.3 is 10.1 Å². The summed E-state index contributed by atoms with van der Waals surface area (Å²) in [6, 6.07) is 5.64. The molecule has 1 aliphatic rings. The van der Waals surface area contributed by atoms with E-state index in [0.717, 1.165) is 22.9 Å². The molecule has 0 bridgehead atoms. The molecule has 1 N–H and O–H groups in total. The first-order chi connectivity index (χ1) is 10.5. The fraction of sp³-hybridized carbons (Fsp3) is 0.412. The maximum Gasteiger partial charge on any atom is 0.307 e. The Morgan fingerprint density at radius 1 is 1.45 bits per heavy atom. The number of hydrogen-bond donors (Lipinski definition) is 1. The molecule has 1 aromatic rings. The Hall–Kier alpha value is -1.62. The molecule has 0 unspecified atom stereocenters. The van der Waals surface area contributed by atoms with E-state index < -0.39 is 6.10 Å². The van der Waals surface area contributed by atoms with Crippen molar-refractivity contribution in [3.63, 3.8) is 0 Å². The number of aryl methyl sites for hydroxylation is 1. The molecular formula is C17H20BrNO3. The van der Waals surface area contributed by atoms with Crippen LogP contribution in [0.1, 0.15) is 31.7 Å². The van der Waals surface area contributed by atoms with Crippen molar-refractivity contribution in [1.82, 2.24) is 0 Å². The van der Waals surface area contributed by atoms with E-state index in [4.69, 9.17) is 4.74 Å². The van der Waals surface area contributed by atoms with Crippen LogP contribution in [-0.4, -0.2) is 18.0 Å². The third kappa shape index (κ3) is 4.70. The zero-order valence-electron chi connectivity index (χ0n) is 12.8. The van der Waals surface area contributed by atoms with Crippen LogP contribution in [-0.2, 0) is 14.3 Å². The summed E-state index contributed by atoms with van der Waals surface area (Å²) in [4.78, 5) is 23.9. The normalized spacial score (nSPS) is 18.0. The number of rotatable bonds is 5. The number of amides is 1. The van der Waals surface area contributed by atoms with Gasteiger partial charge in [-0.2, -0.15) is 0 Å². The maximum atomic E-state index is 12.1. The standard InChI is InChI=1S/C17H20BrNO3/c1-11-7-8-15(14(18)9-11)19-17(21)12(2)22-16(20)10-13-5-3-4-6-13/h3,5,7-9,12-13H,4,6,10H2,1-2H3,(H,19,21)/t12-,13-/m0/s1. The van der Waals surface area contributed by atoms with Crippen LogP contribution in [0, 0.1) is 12.8 Å². The second kappa shape index (κ2) is 7.58. The highest BCUT2D eigenvalue weighted by atomic mass is 79.9. The van der Waals surface area contributed by atoms with E-state index in [1.807, 2.05) is 31.2 Å². The molecule has 5 heteroatoms. The average molecular weight is 366 g/mol. The van der Waals surface area contributed by atoms with E-state index in [1.165, 1.54) is 0 Å². The minimum absolute atomic E-state index is 0.244. The Morgan fingerprint density at radius 2 is 2.23 bits per heavy atom. The highest BCUT2D eigenvalue weighted by Crippen LogP contribution is 2.24. The first-order valence-electron chi connectivity index (χ1n) is 7.39. The average Bonchev–Trinajstić information content (AvgIpc) is 2.94. The minimum atomic E-state index is -0.814. The quantitative estimate of drug-likeness (QED) is 0.633. The van der Waals surface area contributed by atoms with Crippen molar-refractivity contribution in [2.45, 2.75) is 39.2 Å². The van der Waals surface area contributed by atoms with Gasteiger partial charge in [0.2, 0.25) is 0 Å². The van der Waals surface area contributed by atoms with Gasteiger partial charge in [-0.15, -0.1) is 0 Å². The number of ether oxygens (including phenoxy) is 1. The summed E-state index contributed by atoms with van der Waals surface area (Å²) in [6.07, 6.45) is 5.62. The van der Waals surface area contributed by atoms with E-state index in [-0.39, 0.29) is 17.8 Å². The predicted molar refractivity (Wildman–Crippen MR) is 89.5 cm³/mol. The first kappa shape index (κ1) is 16.7. The molecule has 1 aromatic carbocycles. The fourth-order valence-electron chi connectivity index (χ4n) is 2.33. The SMILES string of the molecule is Cc1ccc(NC(=O)[C@H](C)OC(=O)C[C@H]2C=CCC2)c(Br)c1. The Labute approximate surface area is 139 Å². The lowest BCUT2D eigenvalue weighted by Crippen LogP contribution is -2.30. The highest BCUT2D eigenvalue weighted by Gasteiger charge is 2.21. The molecule has 1 aliphatic carbocycles. The van der Waals surface area contributed by atoms with Gasteiger partial charge >= 0.3 is 5.97 Å². The summed E-state index contributed by atoms with van der Waals surface area (Å²) in [6.45, 7) is 3.55. The third-order valence-electron chi connectivity index (χ3n) is 3.60. The maximum absolute atomic E-state index is 12.1. The van der Waals surface area contributed by atoms with Crippen LogP contribution in [0.5, 0.6) is 0 Å². The van der Waals surface area contributed by atoms with Gasteiger partial charge in [0.25, 0.3) is 5.91 Å². The Bertz CT molecular complexity index is 598. The number of halogens is 1. The summed E-state index contributed by atoms with van der Waals surface area (Å²) in [5, 5.41) is 2.76. The topological polar surface area (TPSA) is 55.4 Å². The van der Waals surface area contributed by atoms with Crippen molar-refractivity contribution < 1.29 is 14.3 Å². The van der Waals surface area contributed by atoms with Crippen molar-refractivity contribution in [2.75, 3.05) is 5.32 Å². The van der Waals surface area contributed by atoms with E-state index in [2.05, 4.69) is 27.3 Å². The molecule has 0 spiro atoms. The minimum Gasteiger partial charge on any atom is -0.453 e. The molecule has 118 valence electrons. The molecule has 22 heavy (non-hydrogen) atoms. The van der Waals surface area contributed by atoms with Crippen molar-refractivity contribution in [1.29, 1.82) is 0 Å². The molecule has 0 heterocycles. The summed E-state index contributed by atoms with van der Waals surface area (Å²) < 4.78 is 6.01. The van der Waals surface area contributed by atoms with Crippen LogP contribution < -0.4 is 5.32 Å². The van der Waals surface area contributed by atoms with Gasteiger partial charge in [0, 0.05) is 4.47 Å².